The van der Waals surface area contributed by atoms with Gasteiger partial charge < -0.3 is 5.11 Å². The normalized spacial score (nSPS) is 12.5. The molecule has 0 saturated carbocycles. The van der Waals surface area contributed by atoms with Gasteiger partial charge in [0.1, 0.15) is 5.83 Å². The van der Waals surface area contributed by atoms with E-state index in [-0.39, 0.29) is 12.0 Å². The minimum absolute atomic E-state index is 0.149. The second-order valence-electron chi connectivity index (χ2n) is 3.85. The molecule has 0 atom stereocenters. The number of hydrogen-bond acceptors (Lipinski definition) is 1. The predicted molar refractivity (Wildman–Crippen MR) is 59.4 cm³/mol. The molecule has 0 radical (unpaired) electrons. The van der Waals surface area contributed by atoms with Gasteiger partial charge in [-0.3, -0.25) is 0 Å². The number of halogens is 1. The number of carboxylic acids is 1. The van der Waals surface area contributed by atoms with Crippen LogP contribution in [0.4, 0.5) is 4.39 Å². The number of rotatable bonds is 8. The highest BCUT2D eigenvalue weighted by atomic mass is 19.1. The summed E-state index contributed by atoms with van der Waals surface area (Å²) in [6.45, 7) is 3.47. The molecule has 0 rings (SSSR count). The van der Waals surface area contributed by atoms with Crippen molar-refractivity contribution in [2.24, 2.45) is 0 Å². The van der Waals surface area contributed by atoms with Crippen LogP contribution in [0.5, 0.6) is 0 Å². The van der Waals surface area contributed by atoms with Crippen molar-refractivity contribution >= 4 is 5.97 Å². The van der Waals surface area contributed by atoms with Gasteiger partial charge in [-0.05, 0) is 19.8 Å². The van der Waals surface area contributed by atoms with Crippen LogP contribution in [0.2, 0.25) is 0 Å². The van der Waals surface area contributed by atoms with E-state index in [2.05, 4.69) is 6.92 Å². The maximum atomic E-state index is 13.1. The first-order valence-corrected chi connectivity index (χ1v) is 5.68. The Morgan fingerprint density at radius 3 is 2.20 bits per heavy atom. The first kappa shape index (κ1) is 14.1. The van der Waals surface area contributed by atoms with Crippen molar-refractivity contribution in [1.82, 2.24) is 0 Å². The Labute approximate surface area is 91.2 Å². The monoisotopic (exact) mass is 216 g/mol. The highest BCUT2D eigenvalue weighted by Gasteiger charge is 2.07. The number of carbonyl (C=O) groups is 1. The summed E-state index contributed by atoms with van der Waals surface area (Å²) in [6, 6.07) is 0. The zero-order valence-corrected chi connectivity index (χ0v) is 9.68. The summed E-state index contributed by atoms with van der Waals surface area (Å²) in [5.74, 6) is -1.63. The molecule has 0 fully saturated rings. The molecule has 0 aromatic carbocycles. The fourth-order valence-corrected chi connectivity index (χ4v) is 1.36. The van der Waals surface area contributed by atoms with E-state index in [0.29, 0.717) is 0 Å². The van der Waals surface area contributed by atoms with Crippen LogP contribution >= 0.6 is 0 Å². The lowest BCUT2D eigenvalue weighted by Crippen LogP contribution is -1.98. The maximum Gasteiger partial charge on any atom is 0.333 e. The Hall–Kier alpha value is -0.860. The quantitative estimate of drug-likeness (QED) is 0.490. The summed E-state index contributed by atoms with van der Waals surface area (Å²) in [6.07, 6.45) is 6.75. The van der Waals surface area contributed by atoms with Crippen LogP contribution in [-0.2, 0) is 4.79 Å². The van der Waals surface area contributed by atoms with E-state index in [1.54, 1.807) is 0 Å². The van der Waals surface area contributed by atoms with Crippen molar-refractivity contribution in [2.75, 3.05) is 0 Å². The van der Waals surface area contributed by atoms with Crippen LogP contribution in [0, 0.1) is 0 Å². The minimum Gasteiger partial charge on any atom is -0.478 e. The van der Waals surface area contributed by atoms with E-state index in [4.69, 9.17) is 5.11 Å². The molecule has 0 saturated heterocycles. The number of allylic oxidation sites excluding steroid dienone is 1. The van der Waals surface area contributed by atoms with Gasteiger partial charge in [-0.2, -0.15) is 0 Å². The lowest BCUT2D eigenvalue weighted by molar-refractivity contribution is -0.132. The van der Waals surface area contributed by atoms with Crippen molar-refractivity contribution in [2.45, 2.75) is 58.8 Å². The van der Waals surface area contributed by atoms with E-state index in [9.17, 15) is 9.18 Å². The molecule has 0 bridgehead atoms. The van der Waals surface area contributed by atoms with Crippen LogP contribution < -0.4 is 0 Å². The summed E-state index contributed by atoms with van der Waals surface area (Å²) in [5.41, 5.74) is -0.149. The Morgan fingerprint density at radius 2 is 1.67 bits per heavy atom. The molecule has 15 heavy (non-hydrogen) atoms. The third-order valence-corrected chi connectivity index (χ3v) is 2.48. The van der Waals surface area contributed by atoms with Gasteiger partial charge >= 0.3 is 5.97 Å². The first-order valence-electron chi connectivity index (χ1n) is 5.68. The molecule has 0 aromatic rings. The fourth-order valence-electron chi connectivity index (χ4n) is 1.36. The fraction of sp³-hybridized carbons (Fsp3) is 0.750. The van der Waals surface area contributed by atoms with Gasteiger partial charge in [0.05, 0.1) is 5.57 Å². The molecule has 0 heterocycles. The Bertz CT molecular complexity index is 222. The number of hydrogen-bond donors (Lipinski definition) is 1. The largest absolute Gasteiger partial charge is 0.478 e. The highest BCUT2D eigenvalue weighted by molar-refractivity contribution is 5.86. The molecule has 0 aliphatic carbocycles. The first-order chi connectivity index (χ1) is 7.09. The smallest absolute Gasteiger partial charge is 0.333 e. The summed E-state index contributed by atoms with van der Waals surface area (Å²) >= 11 is 0. The molecular weight excluding hydrogens is 195 g/mol. The van der Waals surface area contributed by atoms with Crippen molar-refractivity contribution < 1.29 is 14.3 Å². The van der Waals surface area contributed by atoms with Gasteiger partial charge in [-0.1, -0.05) is 39.0 Å². The topological polar surface area (TPSA) is 37.3 Å². The molecule has 88 valence electrons. The summed E-state index contributed by atoms with van der Waals surface area (Å²) < 4.78 is 13.1. The van der Waals surface area contributed by atoms with Gasteiger partial charge in [0.25, 0.3) is 0 Å². The number of aliphatic carboxylic acids is 1. The van der Waals surface area contributed by atoms with Gasteiger partial charge in [0, 0.05) is 0 Å². The van der Waals surface area contributed by atoms with E-state index in [1.165, 1.54) is 26.2 Å². The van der Waals surface area contributed by atoms with Crippen LogP contribution in [0.1, 0.15) is 58.8 Å². The zero-order chi connectivity index (χ0) is 11.7. The van der Waals surface area contributed by atoms with Crippen molar-refractivity contribution in [3.8, 4) is 0 Å². The highest BCUT2D eigenvalue weighted by Crippen LogP contribution is 2.16. The third-order valence-electron chi connectivity index (χ3n) is 2.48. The summed E-state index contributed by atoms with van der Waals surface area (Å²) in [4.78, 5) is 10.4. The maximum absolute atomic E-state index is 13.1. The molecular formula is C12H21FO2. The van der Waals surface area contributed by atoms with E-state index in [1.807, 2.05) is 0 Å². The van der Waals surface area contributed by atoms with Crippen LogP contribution in [0.25, 0.3) is 0 Å². The lowest BCUT2D eigenvalue weighted by Gasteiger charge is -2.01. The molecule has 0 aromatic heterocycles. The van der Waals surface area contributed by atoms with E-state index < -0.39 is 11.8 Å². The molecule has 1 N–H and O–H groups in total. The van der Waals surface area contributed by atoms with Crippen LogP contribution in [0.3, 0.4) is 0 Å². The molecule has 0 aliphatic heterocycles. The van der Waals surface area contributed by atoms with Gasteiger partial charge in [-0.25, -0.2) is 9.18 Å². The Kier molecular flexibility index (Phi) is 7.96. The standard InChI is InChI=1S/C12H21FO2/c1-3-4-5-6-7-8-9-11(13)10(2)12(14)15/h3-9H2,1-2H3,(H,14,15)/b11-10+. The molecule has 0 amide bonds. The van der Waals surface area contributed by atoms with Crippen LogP contribution in [-0.4, -0.2) is 11.1 Å². The molecule has 0 spiro atoms. The SMILES string of the molecule is CCCCCCCC/C(F)=C(/C)C(=O)O. The van der Waals surface area contributed by atoms with E-state index in [0.717, 1.165) is 19.3 Å². The average Bonchev–Trinajstić information content (AvgIpc) is 2.21. The average molecular weight is 216 g/mol. The van der Waals surface area contributed by atoms with Gasteiger partial charge in [0.2, 0.25) is 0 Å². The summed E-state index contributed by atoms with van der Waals surface area (Å²) in [7, 11) is 0. The van der Waals surface area contributed by atoms with Gasteiger partial charge in [0.15, 0.2) is 0 Å². The Balaban J connectivity index is 3.59. The van der Waals surface area contributed by atoms with Gasteiger partial charge in [-0.15, -0.1) is 0 Å². The molecule has 2 nitrogen and oxygen atoms in total. The van der Waals surface area contributed by atoms with Crippen molar-refractivity contribution in [3.63, 3.8) is 0 Å². The van der Waals surface area contributed by atoms with Crippen molar-refractivity contribution in [1.29, 1.82) is 0 Å². The van der Waals surface area contributed by atoms with E-state index >= 15 is 0 Å². The zero-order valence-electron chi connectivity index (χ0n) is 9.68. The Morgan fingerprint density at radius 1 is 1.13 bits per heavy atom. The van der Waals surface area contributed by atoms with Crippen LogP contribution in [0.15, 0.2) is 11.4 Å². The molecule has 0 unspecified atom stereocenters. The summed E-state index contributed by atoms with van der Waals surface area (Å²) in [5, 5.41) is 8.53. The molecule has 0 aliphatic rings. The second-order valence-corrected chi connectivity index (χ2v) is 3.85. The lowest BCUT2D eigenvalue weighted by atomic mass is 10.1. The third kappa shape index (κ3) is 7.11. The number of carboxylic acid groups (broad SMARTS) is 1. The minimum atomic E-state index is -1.15. The van der Waals surface area contributed by atoms with Crippen molar-refractivity contribution in [3.05, 3.63) is 11.4 Å². The molecule has 3 heteroatoms. The number of unbranched alkanes of at least 4 members (excludes halogenated alkanes) is 5. The second kappa shape index (κ2) is 8.45. The predicted octanol–water partition coefficient (Wildman–Crippen LogP) is 4.07.